The Kier molecular flexibility index (Phi) is 6.03. The van der Waals surface area contributed by atoms with Crippen LogP contribution in [-0.2, 0) is 9.59 Å². The molecule has 20 heavy (non-hydrogen) atoms. The summed E-state index contributed by atoms with van der Waals surface area (Å²) in [5.74, 6) is -1.76. The molecule has 0 aromatic heterocycles. The van der Waals surface area contributed by atoms with Crippen LogP contribution >= 0.6 is 0 Å². The van der Waals surface area contributed by atoms with Gasteiger partial charge in [-0.25, -0.2) is 0 Å². The molecule has 0 saturated carbocycles. The van der Waals surface area contributed by atoms with E-state index in [0.717, 1.165) is 6.42 Å². The predicted molar refractivity (Wildman–Crippen MR) is 73.0 cm³/mol. The molecule has 5 nitrogen and oxygen atoms in total. The molecule has 5 heteroatoms. The van der Waals surface area contributed by atoms with Crippen molar-refractivity contribution < 1.29 is 19.4 Å². The van der Waals surface area contributed by atoms with Crippen LogP contribution in [0.5, 0.6) is 5.75 Å². The van der Waals surface area contributed by atoms with Crippen LogP contribution in [0.2, 0.25) is 0 Å². The fraction of sp³-hybridized carbons (Fsp3) is 0.467. The molecule has 0 saturated heterocycles. The molecule has 0 aliphatic carbocycles. The van der Waals surface area contributed by atoms with Gasteiger partial charge in [-0.05, 0) is 30.0 Å². The Bertz CT molecular complexity index is 453. The summed E-state index contributed by atoms with van der Waals surface area (Å²) >= 11 is 0. The first-order valence-electron chi connectivity index (χ1n) is 6.62. The summed E-state index contributed by atoms with van der Waals surface area (Å²) in [4.78, 5) is 21.9. The summed E-state index contributed by atoms with van der Waals surface area (Å²) in [6.45, 7) is 4.84. The summed E-state index contributed by atoms with van der Waals surface area (Å²) in [6.07, 6.45) is 0.682. The number of rotatable bonds is 8. The molecule has 1 atom stereocenters. The monoisotopic (exact) mass is 278 g/mol. The molecule has 0 bridgehead atoms. The molecule has 0 unspecified atom stereocenters. The second kappa shape index (κ2) is 7.53. The predicted octanol–water partition coefficient (Wildman–Crippen LogP) is 0.820. The lowest BCUT2D eigenvalue weighted by molar-refractivity contribution is -0.308. The summed E-state index contributed by atoms with van der Waals surface area (Å²) in [5.41, 5.74) is 5.52. The molecule has 1 aromatic carbocycles. The van der Waals surface area contributed by atoms with Crippen LogP contribution in [0.4, 0.5) is 0 Å². The van der Waals surface area contributed by atoms with Gasteiger partial charge in [-0.3, -0.25) is 4.79 Å². The van der Waals surface area contributed by atoms with Crippen molar-refractivity contribution in [2.45, 2.75) is 32.6 Å². The summed E-state index contributed by atoms with van der Waals surface area (Å²) < 4.78 is 5.54. The van der Waals surface area contributed by atoms with Gasteiger partial charge in [0.25, 0.3) is 0 Å². The van der Waals surface area contributed by atoms with Gasteiger partial charge < -0.3 is 20.4 Å². The summed E-state index contributed by atoms with van der Waals surface area (Å²) in [5, 5.41) is 11.0. The molecule has 1 amide bonds. The number of primary amides is 1. The minimum Gasteiger partial charge on any atom is -0.549 e. The molecule has 0 heterocycles. The second-order valence-electron chi connectivity index (χ2n) is 5.14. The van der Waals surface area contributed by atoms with Crippen molar-refractivity contribution in [3.63, 3.8) is 0 Å². The van der Waals surface area contributed by atoms with E-state index in [-0.39, 0.29) is 6.42 Å². The lowest BCUT2D eigenvalue weighted by Crippen LogP contribution is -2.32. The van der Waals surface area contributed by atoms with Crippen LogP contribution in [0.1, 0.15) is 38.2 Å². The van der Waals surface area contributed by atoms with Crippen molar-refractivity contribution >= 4 is 11.9 Å². The molecule has 0 fully saturated rings. The largest absolute Gasteiger partial charge is 0.549 e. The van der Waals surface area contributed by atoms with Crippen molar-refractivity contribution in [3.05, 3.63) is 29.8 Å². The number of amides is 1. The number of nitrogens with two attached hydrogens (primary N) is 1. The van der Waals surface area contributed by atoms with E-state index >= 15 is 0 Å². The molecule has 1 rings (SSSR count). The maximum absolute atomic E-state index is 11.0. The molecular weight excluding hydrogens is 258 g/mol. The van der Waals surface area contributed by atoms with Gasteiger partial charge in [-0.2, -0.15) is 0 Å². The molecular formula is C15H20NO4-. The summed E-state index contributed by atoms with van der Waals surface area (Å²) in [6, 6.07) is 6.61. The van der Waals surface area contributed by atoms with Gasteiger partial charge in [0.2, 0.25) is 5.91 Å². The second-order valence-corrected chi connectivity index (χ2v) is 5.14. The van der Waals surface area contributed by atoms with E-state index in [9.17, 15) is 14.7 Å². The average Bonchev–Trinajstić information content (AvgIpc) is 2.36. The smallest absolute Gasteiger partial charge is 0.218 e. The topological polar surface area (TPSA) is 92.5 Å². The molecule has 1 aromatic rings. The van der Waals surface area contributed by atoms with Crippen LogP contribution in [-0.4, -0.2) is 18.5 Å². The highest BCUT2D eigenvalue weighted by Crippen LogP contribution is 2.22. The van der Waals surface area contributed by atoms with E-state index < -0.39 is 17.8 Å². The normalized spacial score (nSPS) is 12.2. The van der Waals surface area contributed by atoms with E-state index in [1.165, 1.54) is 0 Å². The van der Waals surface area contributed by atoms with Crippen LogP contribution in [0.3, 0.4) is 0 Å². The third kappa shape index (κ3) is 5.30. The first kappa shape index (κ1) is 16.0. The minimum atomic E-state index is -1.31. The lowest BCUT2D eigenvalue weighted by Gasteiger charge is -2.17. The quantitative estimate of drug-likeness (QED) is 0.762. The van der Waals surface area contributed by atoms with E-state index in [0.29, 0.717) is 23.8 Å². The Morgan fingerprint density at radius 3 is 2.30 bits per heavy atom. The fourth-order valence-corrected chi connectivity index (χ4v) is 1.75. The van der Waals surface area contributed by atoms with Crippen LogP contribution in [0.15, 0.2) is 24.3 Å². The number of carbonyl (C=O) groups excluding carboxylic acids is 2. The first-order valence-corrected chi connectivity index (χ1v) is 6.62. The van der Waals surface area contributed by atoms with Gasteiger partial charge in [-0.15, -0.1) is 0 Å². The highest BCUT2D eigenvalue weighted by Gasteiger charge is 2.15. The molecule has 0 aliphatic rings. The van der Waals surface area contributed by atoms with Crippen molar-refractivity contribution in [3.8, 4) is 5.75 Å². The number of aliphatic carboxylic acids is 1. The number of carbonyl (C=O) groups is 2. The molecule has 0 spiro atoms. The SMILES string of the molecule is CC(C)CCOc1ccc([C@H](CC(N)=O)C(=O)[O-])cc1. The Balaban J connectivity index is 2.68. The standard InChI is InChI=1S/C15H21NO4/c1-10(2)7-8-20-12-5-3-11(4-6-12)13(15(18)19)9-14(16)17/h3-6,10,13H,7-9H2,1-2H3,(H2,16,17)(H,18,19)/p-1/t13-/m0/s1. The lowest BCUT2D eigenvalue weighted by atomic mass is 9.95. The molecule has 2 N–H and O–H groups in total. The number of hydrogen-bond donors (Lipinski definition) is 1. The minimum absolute atomic E-state index is 0.268. The maximum Gasteiger partial charge on any atom is 0.218 e. The average molecular weight is 278 g/mol. The van der Waals surface area contributed by atoms with Crippen LogP contribution in [0, 0.1) is 5.92 Å². The van der Waals surface area contributed by atoms with E-state index in [1.807, 2.05) is 0 Å². The molecule has 110 valence electrons. The van der Waals surface area contributed by atoms with Gasteiger partial charge in [0, 0.05) is 18.3 Å². The van der Waals surface area contributed by atoms with Crippen molar-refractivity contribution in [1.82, 2.24) is 0 Å². The zero-order chi connectivity index (χ0) is 15.1. The zero-order valence-corrected chi connectivity index (χ0v) is 11.8. The number of hydrogen-bond acceptors (Lipinski definition) is 4. The van der Waals surface area contributed by atoms with Gasteiger partial charge in [-0.1, -0.05) is 26.0 Å². The van der Waals surface area contributed by atoms with Gasteiger partial charge in [0.05, 0.1) is 6.61 Å². The highest BCUT2D eigenvalue weighted by atomic mass is 16.5. The fourth-order valence-electron chi connectivity index (χ4n) is 1.75. The van der Waals surface area contributed by atoms with Gasteiger partial charge in [0.15, 0.2) is 0 Å². The Hall–Kier alpha value is -2.04. The number of carboxylic acids is 1. The van der Waals surface area contributed by atoms with Gasteiger partial charge >= 0.3 is 0 Å². The first-order chi connectivity index (χ1) is 9.40. The Morgan fingerprint density at radius 2 is 1.85 bits per heavy atom. The third-order valence-corrected chi connectivity index (χ3v) is 2.94. The van der Waals surface area contributed by atoms with Gasteiger partial charge in [0.1, 0.15) is 5.75 Å². The number of carboxylic acid groups (broad SMARTS) is 1. The third-order valence-electron chi connectivity index (χ3n) is 2.94. The van der Waals surface area contributed by atoms with E-state index in [2.05, 4.69) is 13.8 Å². The molecule has 0 aliphatic heterocycles. The van der Waals surface area contributed by atoms with Crippen molar-refractivity contribution in [2.24, 2.45) is 11.7 Å². The van der Waals surface area contributed by atoms with Crippen LogP contribution < -0.4 is 15.6 Å². The number of benzene rings is 1. The van der Waals surface area contributed by atoms with Crippen LogP contribution in [0.25, 0.3) is 0 Å². The Morgan fingerprint density at radius 1 is 1.25 bits per heavy atom. The Labute approximate surface area is 118 Å². The van der Waals surface area contributed by atoms with E-state index in [4.69, 9.17) is 10.5 Å². The maximum atomic E-state index is 11.0. The van der Waals surface area contributed by atoms with Crippen molar-refractivity contribution in [1.29, 1.82) is 0 Å². The number of ether oxygens (including phenoxy) is 1. The van der Waals surface area contributed by atoms with E-state index in [1.54, 1.807) is 24.3 Å². The molecule has 0 radical (unpaired) electrons. The zero-order valence-electron chi connectivity index (χ0n) is 11.8. The summed E-state index contributed by atoms with van der Waals surface area (Å²) in [7, 11) is 0. The van der Waals surface area contributed by atoms with Crippen molar-refractivity contribution in [2.75, 3.05) is 6.61 Å². The highest BCUT2D eigenvalue weighted by molar-refractivity contribution is 5.83.